The van der Waals surface area contributed by atoms with Crippen LogP contribution in [0.1, 0.15) is 44.5 Å². The number of nitrogens with one attached hydrogen (secondary N) is 1. The Morgan fingerprint density at radius 3 is 2.29 bits per heavy atom. The monoisotopic (exact) mass is 286 g/mol. The van der Waals surface area contributed by atoms with Crippen LogP contribution in [-0.4, -0.2) is 29.6 Å². The number of aromatic nitrogens is 2. The highest BCUT2D eigenvalue weighted by molar-refractivity contribution is 5.59. The van der Waals surface area contributed by atoms with Crippen molar-refractivity contribution in [3.63, 3.8) is 0 Å². The molecule has 0 atom stereocenters. The largest absolute Gasteiger partial charge is 0.370 e. The molecule has 0 bridgehead atoms. The van der Waals surface area contributed by atoms with Gasteiger partial charge in [0.2, 0.25) is 0 Å². The van der Waals surface area contributed by atoms with E-state index < -0.39 is 0 Å². The van der Waals surface area contributed by atoms with Crippen LogP contribution in [0, 0.1) is 29.6 Å². The van der Waals surface area contributed by atoms with Crippen molar-refractivity contribution in [2.75, 3.05) is 29.9 Å². The Morgan fingerprint density at radius 2 is 1.81 bits per heavy atom. The molecule has 0 saturated heterocycles. The van der Waals surface area contributed by atoms with Crippen molar-refractivity contribution < 1.29 is 0 Å². The molecule has 0 aliphatic heterocycles. The fourth-order valence-electron chi connectivity index (χ4n) is 1.88. The maximum atomic E-state index is 8.94. The second-order valence-corrected chi connectivity index (χ2v) is 5.13. The zero-order chi connectivity index (χ0) is 15.8. The maximum Gasteiger partial charge on any atom is 0.139 e. The van der Waals surface area contributed by atoms with Crippen molar-refractivity contribution >= 4 is 11.6 Å². The lowest BCUT2D eigenvalue weighted by atomic mass is 10.2. The summed E-state index contributed by atoms with van der Waals surface area (Å²) in [6.45, 7) is 9.15. The summed E-state index contributed by atoms with van der Waals surface area (Å²) in [6, 6.07) is 4.17. The highest BCUT2D eigenvalue weighted by Gasteiger charge is 2.17. The van der Waals surface area contributed by atoms with Gasteiger partial charge >= 0.3 is 0 Å². The van der Waals surface area contributed by atoms with E-state index in [1.54, 1.807) is 4.90 Å². The van der Waals surface area contributed by atoms with Gasteiger partial charge in [0.05, 0.1) is 12.1 Å². The summed E-state index contributed by atoms with van der Waals surface area (Å²) in [7, 11) is 0. The predicted molar refractivity (Wildman–Crippen MR) is 83.1 cm³/mol. The second-order valence-electron chi connectivity index (χ2n) is 5.13. The first kappa shape index (κ1) is 16.7. The van der Waals surface area contributed by atoms with Gasteiger partial charge in [0.25, 0.3) is 0 Å². The number of hydrogen-bond acceptors (Lipinski definition) is 6. The van der Waals surface area contributed by atoms with E-state index >= 15 is 0 Å². The minimum Gasteiger partial charge on any atom is -0.370 e. The van der Waals surface area contributed by atoms with E-state index in [4.69, 9.17) is 10.5 Å². The lowest BCUT2D eigenvalue weighted by Gasteiger charge is -2.22. The van der Waals surface area contributed by atoms with Crippen LogP contribution < -0.4 is 10.2 Å². The molecule has 6 heteroatoms. The van der Waals surface area contributed by atoms with Gasteiger partial charge in [0, 0.05) is 18.0 Å². The molecular formula is C15H22N6. The normalized spacial score (nSPS) is 10.0. The zero-order valence-corrected chi connectivity index (χ0v) is 13.1. The van der Waals surface area contributed by atoms with E-state index in [1.807, 2.05) is 20.8 Å². The molecule has 112 valence electrons. The van der Waals surface area contributed by atoms with Gasteiger partial charge in [0.1, 0.15) is 30.5 Å². The molecule has 0 aliphatic carbocycles. The fourth-order valence-corrected chi connectivity index (χ4v) is 1.88. The molecule has 0 amide bonds. The number of rotatable bonds is 7. The van der Waals surface area contributed by atoms with Gasteiger partial charge in [-0.15, -0.1) is 0 Å². The molecule has 0 fully saturated rings. The summed E-state index contributed by atoms with van der Waals surface area (Å²) >= 11 is 0. The van der Waals surface area contributed by atoms with E-state index in [2.05, 4.69) is 34.3 Å². The van der Waals surface area contributed by atoms with Crippen LogP contribution in [0.25, 0.3) is 0 Å². The lowest BCUT2D eigenvalue weighted by molar-refractivity contribution is 0.760. The highest BCUT2D eigenvalue weighted by Crippen LogP contribution is 2.25. The third-order valence-corrected chi connectivity index (χ3v) is 3.02. The molecule has 0 aromatic carbocycles. The van der Waals surface area contributed by atoms with Crippen LogP contribution in [0.15, 0.2) is 0 Å². The van der Waals surface area contributed by atoms with Gasteiger partial charge in [0.15, 0.2) is 0 Å². The molecule has 1 aromatic rings. The van der Waals surface area contributed by atoms with Crippen LogP contribution in [0.4, 0.5) is 11.6 Å². The van der Waals surface area contributed by atoms with Crippen molar-refractivity contribution in [2.24, 2.45) is 0 Å². The van der Waals surface area contributed by atoms with Gasteiger partial charge in [-0.2, -0.15) is 10.5 Å². The molecule has 0 saturated carbocycles. The topological polar surface area (TPSA) is 88.6 Å². The summed E-state index contributed by atoms with van der Waals surface area (Å²) in [4.78, 5) is 10.8. The number of nitriles is 2. The maximum absolute atomic E-state index is 8.94. The first-order valence-corrected chi connectivity index (χ1v) is 7.16. The zero-order valence-electron chi connectivity index (χ0n) is 13.1. The third-order valence-electron chi connectivity index (χ3n) is 3.02. The van der Waals surface area contributed by atoms with Gasteiger partial charge < -0.3 is 10.2 Å². The van der Waals surface area contributed by atoms with Crippen LogP contribution in [0.3, 0.4) is 0 Å². The Hall–Kier alpha value is -2.34. The molecule has 1 aromatic heterocycles. The second kappa shape index (κ2) is 8.06. The van der Waals surface area contributed by atoms with Crippen LogP contribution >= 0.6 is 0 Å². The molecule has 6 nitrogen and oxygen atoms in total. The van der Waals surface area contributed by atoms with E-state index in [1.165, 1.54) is 0 Å². The predicted octanol–water partition coefficient (Wildman–Crippen LogP) is 2.58. The van der Waals surface area contributed by atoms with Crippen molar-refractivity contribution in [2.45, 2.75) is 40.0 Å². The Balaban J connectivity index is 3.30. The van der Waals surface area contributed by atoms with Gasteiger partial charge in [-0.05, 0) is 13.3 Å². The summed E-state index contributed by atoms with van der Waals surface area (Å²) in [6.07, 6.45) is 0.996. The molecule has 0 aliphatic rings. The minimum atomic E-state index is 0.135. The Bertz CT molecular complexity index is 537. The molecule has 1 heterocycles. The van der Waals surface area contributed by atoms with Crippen LogP contribution in [0.2, 0.25) is 0 Å². The summed E-state index contributed by atoms with van der Waals surface area (Å²) in [5.74, 6) is 2.34. The van der Waals surface area contributed by atoms with Crippen molar-refractivity contribution in [1.82, 2.24) is 9.97 Å². The van der Waals surface area contributed by atoms with Crippen LogP contribution in [-0.2, 0) is 0 Å². The van der Waals surface area contributed by atoms with E-state index in [0.717, 1.165) is 30.2 Å². The fraction of sp³-hybridized carbons (Fsp3) is 0.600. The molecular weight excluding hydrogens is 264 g/mol. The van der Waals surface area contributed by atoms with Crippen molar-refractivity contribution in [3.8, 4) is 12.1 Å². The average Bonchev–Trinajstić information content (AvgIpc) is 2.45. The first-order valence-electron chi connectivity index (χ1n) is 7.16. The van der Waals surface area contributed by atoms with Crippen LogP contribution in [0.5, 0.6) is 0 Å². The Kier molecular flexibility index (Phi) is 6.42. The Morgan fingerprint density at radius 1 is 1.19 bits per heavy atom. The van der Waals surface area contributed by atoms with Crippen molar-refractivity contribution in [3.05, 3.63) is 11.4 Å². The standard InChI is InChI=1S/C15H22N6/c1-5-8-18-14-12(4)15(20-13(19-14)11(2)3)21(9-6-16)10-7-17/h11H,5,8-10H2,1-4H3,(H,18,19,20). The molecule has 1 rings (SSSR count). The summed E-state index contributed by atoms with van der Waals surface area (Å²) < 4.78 is 0. The van der Waals surface area contributed by atoms with E-state index in [-0.39, 0.29) is 19.0 Å². The molecule has 1 N–H and O–H groups in total. The molecule has 0 spiro atoms. The number of hydrogen-bond donors (Lipinski definition) is 1. The van der Waals surface area contributed by atoms with Gasteiger partial charge in [-0.3, -0.25) is 0 Å². The third kappa shape index (κ3) is 4.32. The number of anilines is 2. The van der Waals surface area contributed by atoms with Gasteiger partial charge in [-0.25, -0.2) is 9.97 Å². The summed E-state index contributed by atoms with van der Waals surface area (Å²) in [5.41, 5.74) is 0.873. The number of nitrogens with zero attached hydrogens (tertiary/aromatic N) is 5. The highest BCUT2D eigenvalue weighted by atomic mass is 15.2. The summed E-state index contributed by atoms with van der Waals surface area (Å²) in [5, 5.41) is 21.2. The minimum absolute atomic E-state index is 0.135. The SMILES string of the molecule is CCCNc1nc(C(C)C)nc(N(CC#N)CC#N)c1C. The lowest BCUT2D eigenvalue weighted by Crippen LogP contribution is -2.27. The first-order chi connectivity index (χ1) is 10.0. The Labute approximate surface area is 126 Å². The molecule has 0 radical (unpaired) electrons. The van der Waals surface area contributed by atoms with E-state index in [0.29, 0.717) is 5.82 Å². The molecule has 21 heavy (non-hydrogen) atoms. The quantitative estimate of drug-likeness (QED) is 0.775. The average molecular weight is 286 g/mol. The van der Waals surface area contributed by atoms with E-state index in [9.17, 15) is 0 Å². The van der Waals surface area contributed by atoms with Gasteiger partial charge in [-0.1, -0.05) is 20.8 Å². The van der Waals surface area contributed by atoms with Crippen molar-refractivity contribution in [1.29, 1.82) is 10.5 Å². The molecule has 0 unspecified atom stereocenters. The smallest absolute Gasteiger partial charge is 0.139 e.